The van der Waals surface area contributed by atoms with E-state index in [-0.39, 0.29) is 0 Å². The average molecular weight is 171 g/mol. The molecule has 0 saturated carbocycles. The molecule has 0 bridgehead atoms. The van der Waals surface area contributed by atoms with Crippen molar-refractivity contribution in [1.82, 2.24) is 0 Å². The van der Waals surface area contributed by atoms with E-state index in [9.17, 15) is 0 Å². The Balaban J connectivity index is 3.87. The van der Waals surface area contributed by atoms with Crippen molar-refractivity contribution < 1.29 is 0 Å². The summed E-state index contributed by atoms with van der Waals surface area (Å²) in [5, 5.41) is 0. The van der Waals surface area contributed by atoms with Crippen LogP contribution >= 0.6 is 0 Å². The summed E-state index contributed by atoms with van der Waals surface area (Å²) in [7, 11) is 0. The lowest BCUT2D eigenvalue weighted by atomic mass is 9.84. The first-order valence-corrected chi connectivity index (χ1v) is 5.42. The molecule has 2 unspecified atom stereocenters. The van der Waals surface area contributed by atoms with Gasteiger partial charge in [-0.25, -0.2) is 0 Å². The fourth-order valence-electron chi connectivity index (χ4n) is 1.95. The van der Waals surface area contributed by atoms with Crippen molar-refractivity contribution in [1.29, 1.82) is 0 Å². The van der Waals surface area contributed by atoms with E-state index in [0.717, 1.165) is 5.92 Å². The van der Waals surface area contributed by atoms with Crippen molar-refractivity contribution >= 4 is 0 Å². The maximum Gasteiger partial charge on any atom is 0.00927 e. The van der Waals surface area contributed by atoms with Gasteiger partial charge in [-0.1, -0.05) is 47.0 Å². The highest BCUT2D eigenvalue weighted by Gasteiger charge is 2.19. The van der Waals surface area contributed by atoms with E-state index >= 15 is 0 Å². The molecule has 0 aromatic heterocycles. The van der Waals surface area contributed by atoms with Crippen molar-refractivity contribution in [2.45, 2.75) is 59.4 Å². The molecule has 0 aliphatic heterocycles. The van der Waals surface area contributed by atoms with E-state index < -0.39 is 0 Å². The highest BCUT2D eigenvalue weighted by atomic mass is 14.7. The van der Waals surface area contributed by atoms with E-state index in [1.165, 1.54) is 25.7 Å². The van der Waals surface area contributed by atoms with Gasteiger partial charge in [0.25, 0.3) is 0 Å². The van der Waals surface area contributed by atoms with Crippen LogP contribution < -0.4 is 5.73 Å². The van der Waals surface area contributed by atoms with Crippen LogP contribution in [-0.2, 0) is 0 Å². The lowest BCUT2D eigenvalue weighted by Gasteiger charge is -2.26. The quantitative estimate of drug-likeness (QED) is 0.652. The second kappa shape index (κ2) is 6.47. The molecule has 0 aliphatic rings. The first kappa shape index (κ1) is 12.0. The molecule has 0 aliphatic carbocycles. The highest BCUT2D eigenvalue weighted by Crippen LogP contribution is 2.20. The highest BCUT2D eigenvalue weighted by molar-refractivity contribution is 4.75. The topological polar surface area (TPSA) is 26.0 Å². The molecular weight excluding hydrogens is 146 g/mol. The molecule has 74 valence electrons. The molecular formula is C11H25N. The van der Waals surface area contributed by atoms with E-state index in [2.05, 4.69) is 27.7 Å². The van der Waals surface area contributed by atoms with Crippen LogP contribution in [-0.4, -0.2) is 6.04 Å². The molecule has 2 atom stereocenters. The largest absolute Gasteiger partial charge is 0.327 e. The van der Waals surface area contributed by atoms with Crippen LogP contribution in [0.25, 0.3) is 0 Å². The minimum atomic E-state index is 0.417. The lowest BCUT2D eigenvalue weighted by molar-refractivity contribution is 0.295. The van der Waals surface area contributed by atoms with Crippen molar-refractivity contribution in [3.8, 4) is 0 Å². The van der Waals surface area contributed by atoms with E-state index in [1.807, 2.05) is 0 Å². The first-order chi connectivity index (χ1) is 5.67. The van der Waals surface area contributed by atoms with Crippen molar-refractivity contribution in [3.63, 3.8) is 0 Å². The van der Waals surface area contributed by atoms with Gasteiger partial charge < -0.3 is 5.73 Å². The molecule has 0 spiro atoms. The summed E-state index contributed by atoms with van der Waals surface area (Å²) < 4.78 is 0. The molecule has 0 amide bonds. The molecule has 1 nitrogen and oxygen atoms in total. The monoisotopic (exact) mass is 171 g/mol. The maximum atomic E-state index is 6.17. The summed E-state index contributed by atoms with van der Waals surface area (Å²) in [4.78, 5) is 0. The van der Waals surface area contributed by atoms with E-state index in [1.54, 1.807) is 0 Å². The van der Waals surface area contributed by atoms with E-state index in [4.69, 9.17) is 5.73 Å². The summed E-state index contributed by atoms with van der Waals surface area (Å²) in [5.74, 6) is 1.42. The van der Waals surface area contributed by atoms with Gasteiger partial charge in [-0.3, -0.25) is 0 Å². The smallest absolute Gasteiger partial charge is 0.00927 e. The second-order valence-corrected chi connectivity index (χ2v) is 3.92. The van der Waals surface area contributed by atoms with Crippen LogP contribution in [0.3, 0.4) is 0 Å². The van der Waals surface area contributed by atoms with Crippen molar-refractivity contribution in [2.75, 3.05) is 0 Å². The number of nitrogens with two attached hydrogens (primary N) is 1. The molecule has 0 fully saturated rings. The molecule has 1 heteroatoms. The van der Waals surface area contributed by atoms with Crippen molar-refractivity contribution in [3.05, 3.63) is 0 Å². The van der Waals surface area contributed by atoms with Gasteiger partial charge in [0.2, 0.25) is 0 Å². The molecule has 0 heterocycles. The molecule has 2 N–H and O–H groups in total. The fraction of sp³-hybridized carbons (Fsp3) is 1.00. The third-order valence-electron chi connectivity index (χ3n) is 2.99. The standard InChI is InChI=1S/C11H25N/c1-5-8-9(4)11(12)10(6-2)7-3/h9-11H,5-8,12H2,1-4H3. The molecule has 0 radical (unpaired) electrons. The first-order valence-electron chi connectivity index (χ1n) is 5.42. The Hall–Kier alpha value is -0.0400. The van der Waals surface area contributed by atoms with Gasteiger partial charge in [0.1, 0.15) is 0 Å². The molecule has 0 rings (SSSR count). The van der Waals surface area contributed by atoms with Crippen LogP contribution in [0, 0.1) is 11.8 Å². The Kier molecular flexibility index (Phi) is 6.45. The minimum Gasteiger partial charge on any atom is -0.327 e. The summed E-state index contributed by atoms with van der Waals surface area (Å²) in [6.07, 6.45) is 4.99. The van der Waals surface area contributed by atoms with Crippen LogP contribution in [0.4, 0.5) is 0 Å². The Bertz CT molecular complexity index is 97.2. The van der Waals surface area contributed by atoms with Crippen LogP contribution in [0.15, 0.2) is 0 Å². The predicted octanol–water partition coefficient (Wildman–Crippen LogP) is 3.19. The van der Waals surface area contributed by atoms with Gasteiger partial charge in [-0.05, 0) is 18.3 Å². The summed E-state index contributed by atoms with van der Waals surface area (Å²) in [6, 6.07) is 0.417. The van der Waals surface area contributed by atoms with Gasteiger partial charge in [-0.2, -0.15) is 0 Å². The summed E-state index contributed by atoms with van der Waals surface area (Å²) >= 11 is 0. The average Bonchev–Trinajstić information content (AvgIpc) is 2.07. The third kappa shape index (κ3) is 3.57. The van der Waals surface area contributed by atoms with Gasteiger partial charge in [0, 0.05) is 6.04 Å². The predicted molar refractivity (Wildman–Crippen MR) is 56.1 cm³/mol. The Morgan fingerprint density at radius 2 is 1.58 bits per heavy atom. The molecule has 0 aromatic carbocycles. The van der Waals surface area contributed by atoms with E-state index in [0.29, 0.717) is 12.0 Å². The van der Waals surface area contributed by atoms with Gasteiger partial charge >= 0.3 is 0 Å². The zero-order valence-corrected chi connectivity index (χ0v) is 9.14. The van der Waals surface area contributed by atoms with Gasteiger partial charge in [-0.15, -0.1) is 0 Å². The molecule has 0 aromatic rings. The van der Waals surface area contributed by atoms with Crippen LogP contribution in [0.2, 0.25) is 0 Å². The minimum absolute atomic E-state index is 0.417. The summed E-state index contributed by atoms with van der Waals surface area (Å²) in [6.45, 7) is 9.00. The molecule has 0 saturated heterocycles. The van der Waals surface area contributed by atoms with Crippen molar-refractivity contribution in [2.24, 2.45) is 17.6 Å². The lowest BCUT2D eigenvalue weighted by Crippen LogP contribution is -2.35. The third-order valence-corrected chi connectivity index (χ3v) is 2.99. The van der Waals surface area contributed by atoms with Crippen LogP contribution in [0.5, 0.6) is 0 Å². The van der Waals surface area contributed by atoms with Gasteiger partial charge in [0.15, 0.2) is 0 Å². The fourth-order valence-corrected chi connectivity index (χ4v) is 1.95. The molecule has 12 heavy (non-hydrogen) atoms. The normalized spacial score (nSPS) is 16.5. The number of hydrogen-bond acceptors (Lipinski definition) is 1. The van der Waals surface area contributed by atoms with Gasteiger partial charge in [0.05, 0.1) is 0 Å². The Morgan fingerprint density at radius 1 is 1.08 bits per heavy atom. The van der Waals surface area contributed by atoms with Crippen LogP contribution in [0.1, 0.15) is 53.4 Å². The zero-order valence-electron chi connectivity index (χ0n) is 9.14. The number of hydrogen-bond donors (Lipinski definition) is 1. The second-order valence-electron chi connectivity index (χ2n) is 3.92. The SMILES string of the molecule is CCCC(C)C(N)C(CC)CC. The Labute approximate surface area is 77.7 Å². The zero-order chi connectivity index (χ0) is 9.56. The number of rotatable bonds is 6. The Morgan fingerprint density at radius 3 is 1.92 bits per heavy atom. The maximum absolute atomic E-state index is 6.17. The summed E-state index contributed by atoms with van der Waals surface area (Å²) in [5.41, 5.74) is 6.17.